The van der Waals surface area contributed by atoms with Gasteiger partial charge in [-0.1, -0.05) is 37.8 Å². The largest absolute Gasteiger partial charge is 0.339 e. The van der Waals surface area contributed by atoms with E-state index in [-0.39, 0.29) is 5.91 Å². The lowest BCUT2D eigenvalue weighted by molar-refractivity contribution is -0.130. The van der Waals surface area contributed by atoms with Crippen LogP contribution < -0.4 is 10.8 Å². The molecule has 0 aliphatic rings. The Morgan fingerprint density at radius 1 is 1.00 bits per heavy atom. The fourth-order valence-electron chi connectivity index (χ4n) is 2.41. The average Bonchev–Trinajstić information content (AvgIpc) is 2.75. The SMILES string of the molecule is CCSC[C@H](NC(=O)c1ccc(C#Cc2ccc(CC)cc2)cc1)C(=O)NO. The van der Waals surface area contributed by atoms with Gasteiger partial charge in [-0.2, -0.15) is 11.8 Å². The van der Waals surface area contributed by atoms with Gasteiger partial charge in [0.2, 0.25) is 0 Å². The molecule has 0 saturated heterocycles. The minimum Gasteiger partial charge on any atom is -0.339 e. The lowest BCUT2D eigenvalue weighted by Crippen LogP contribution is -2.47. The van der Waals surface area contributed by atoms with Crippen molar-refractivity contribution in [3.63, 3.8) is 0 Å². The van der Waals surface area contributed by atoms with Crippen molar-refractivity contribution >= 4 is 23.6 Å². The number of benzene rings is 2. The summed E-state index contributed by atoms with van der Waals surface area (Å²) in [5, 5.41) is 11.5. The molecule has 1 atom stereocenters. The maximum atomic E-state index is 12.4. The highest BCUT2D eigenvalue weighted by atomic mass is 32.2. The zero-order valence-electron chi connectivity index (χ0n) is 16.0. The topological polar surface area (TPSA) is 78.4 Å². The third-order valence-electron chi connectivity index (χ3n) is 4.08. The van der Waals surface area contributed by atoms with Crippen molar-refractivity contribution in [3.8, 4) is 11.8 Å². The third kappa shape index (κ3) is 6.45. The predicted molar refractivity (Wildman–Crippen MR) is 112 cm³/mol. The molecule has 0 heterocycles. The number of nitrogens with one attached hydrogen (secondary N) is 2. The van der Waals surface area contributed by atoms with E-state index in [2.05, 4.69) is 36.2 Å². The van der Waals surface area contributed by atoms with Crippen molar-refractivity contribution in [1.82, 2.24) is 10.8 Å². The Morgan fingerprint density at radius 2 is 1.57 bits per heavy atom. The maximum Gasteiger partial charge on any atom is 0.266 e. The van der Waals surface area contributed by atoms with E-state index in [1.54, 1.807) is 29.7 Å². The number of thioether (sulfide) groups is 1. The summed E-state index contributed by atoms with van der Waals surface area (Å²) in [7, 11) is 0. The van der Waals surface area contributed by atoms with E-state index >= 15 is 0 Å². The first kappa shape index (κ1) is 21.5. The highest BCUT2D eigenvalue weighted by Crippen LogP contribution is 2.08. The Bertz CT molecular complexity index is 852. The summed E-state index contributed by atoms with van der Waals surface area (Å²) in [6, 6.07) is 14.2. The Labute approximate surface area is 169 Å². The molecule has 2 rings (SSSR count). The minimum atomic E-state index is -0.798. The summed E-state index contributed by atoms with van der Waals surface area (Å²) in [4.78, 5) is 24.1. The molecule has 146 valence electrons. The molecular weight excluding hydrogens is 372 g/mol. The van der Waals surface area contributed by atoms with Gasteiger partial charge in [0.15, 0.2) is 0 Å². The molecule has 28 heavy (non-hydrogen) atoms. The van der Waals surface area contributed by atoms with Crippen LogP contribution in [0.2, 0.25) is 0 Å². The quantitative estimate of drug-likeness (QED) is 0.382. The molecule has 0 unspecified atom stereocenters. The minimum absolute atomic E-state index is 0.375. The summed E-state index contributed by atoms with van der Waals surface area (Å²) < 4.78 is 0. The Balaban J connectivity index is 2.03. The number of amides is 2. The molecule has 0 radical (unpaired) electrons. The van der Waals surface area contributed by atoms with Gasteiger partial charge in [0, 0.05) is 22.4 Å². The van der Waals surface area contributed by atoms with E-state index in [4.69, 9.17) is 5.21 Å². The van der Waals surface area contributed by atoms with Crippen LogP contribution in [0.4, 0.5) is 0 Å². The van der Waals surface area contributed by atoms with E-state index in [1.807, 2.05) is 19.1 Å². The highest BCUT2D eigenvalue weighted by Gasteiger charge is 2.20. The number of carbonyl (C=O) groups is 2. The monoisotopic (exact) mass is 396 g/mol. The van der Waals surface area contributed by atoms with Gasteiger partial charge in [-0.05, 0) is 54.1 Å². The first-order valence-corrected chi connectivity index (χ1v) is 10.3. The second-order valence-corrected chi connectivity index (χ2v) is 7.36. The fourth-order valence-corrected chi connectivity index (χ4v) is 3.12. The second-order valence-electron chi connectivity index (χ2n) is 6.04. The summed E-state index contributed by atoms with van der Waals surface area (Å²) in [5.41, 5.74) is 5.02. The molecule has 0 saturated carbocycles. The van der Waals surface area contributed by atoms with Gasteiger partial charge >= 0.3 is 0 Å². The molecule has 0 aliphatic carbocycles. The van der Waals surface area contributed by atoms with Crippen molar-refractivity contribution in [2.24, 2.45) is 0 Å². The molecule has 2 aromatic rings. The lowest BCUT2D eigenvalue weighted by Gasteiger charge is -2.16. The van der Waals surface area contributed by atoms with E-state index in [1.165, 1.54) is 17.3 Å². The van der Waals surface area contributed by atoms with Gasteiger partial charge in [0.25, 0.3) is 11.8 Å². The van der Waals surface area contributed by atoms with Crippen molar-refractivity contribution in [1.29, 1.82) is 0 Å². The van der Waals surface area contributed by atoms with Crippen LogP contribution >= 0.6 is 11.8 Å². The second kappa shape index (κ2) is 11.2. The van der Waals surface area contributed by atoms with Crippen molar-refractivity contribution in [2.45, 2.75) is 26.3 Å². The number of carbonyl (C=O) groups excluding carboxylic acids is 2. The number of aryl methyl sites for hydroxylation is 1. The normalized spacial score (nSPS) is 11.1. The molecule has 0 bridgehead atoms. The highest BCUT2D eigenvalue weighted by molar-refractivity contribution is 7.99. The zero-order valence-corrected chi connectivity index (χ0v) is 16.8. The van der Waals surface area contributed by atoms with Gasteiger partial charge in [-0.3, -0.25) is 14.8 Å². The maximum absolute atomic E-state index is 12.4. The van der Waals surface area contributed by atoms with E-state index < -0.39 is 11.9 Å². The Kier molecular flexibility index (Phi) is 8.60. The van der Waals surface area contributed by atoms with Crippen molar-refractivity contribution in [2.75, 3.05) is 11.5 Å². The van der Waals surface area contributed by atoms with Crippen LogP contribution in [-0.2, 0) is 11.2 Å². The summed E-state index contributed by atoms with van der Waals surface area (Å²) in [6.45, 7) is 4.07. The lowest BCUT2D eigenvalue weighted by atomic mass is 10.1. The van der Waals surface area contributed by atoms with Gasteiger partial charge in [0.1, 0.15) is 6.04 Å². The first-order chi connectivity index (χ1) is 13.6. The molecule has 0 spiro atoms. The standard InChI is InChI=1S/C22H24N2O3S/c1-3-16-5-7-17(8-6-16)9-10-18-11-13-19(14-12-18)21(25)23-20(15-28-4-2)22(26)24-27/h5-8,11-14,20,27H,3-4,15H2,1-2H3,(H,23,25)(H,24,26)/t20-/m0/s1. The molecular formula is C22H24N2O3S. The summed E-state index contributed by atoms with van der Waals surface area (Å²) in [5.74, 6) is 6.36. The molecule has 5 nitrogen and oxygen atoms in total. The van der Waals surface area contributed by atoms with E-state index in [0.29, 0.717) is 11.3 Å². The third-order valence-corrected chi connectivity index (χ3v) is 5.06. The Morgan fingerprint density at radius 3 is 2.07 bits per heavy atom. The van der Waals surface area contributed by atoms with Crippen LogP contribution in [0.25, 0.3) is 0 Å². The Hall–Kier alpha value is -2.75. The zero-order chi connectivity index (χ0) is 20.4. The molecule has 2 aromatic carbocycles. The predicted octanol–water partition coefficient (Wildman–Crippen LogP) is 3.01. The number of rotatable bonds is 7. The smallest absolute Gasteiger partial charge is 0.266 e. The van der Waals surface area contributed by atoms with Crippen LogP contribution in [-0.4, -0.2) is 34.6 Å². The van der Waals surface area contributed by atoms with Gasteiger partial charge in [0.05, 0.1) is 0 Å². The van der Waals surface area contributed by atoms with Gasteiger partial charge in [-0.15, -0.1) is 0 Å². The number of hydrogen-bond donors (Lipinski definition) is 3. The molecule has 3 N–H and O–H groups in total. The fraction of sp³-hybridized carbons (Fsp3) is 0.273. The van der Waals surface area contributed by atoms with Crippen LogP contribution in [0.15, 0.2) is 48.5 Å². The first-order valence-electron chi connectivity index (χ1n) is 9.11. The number of hydrogen-bond acceptors (Lipinski definition) is 4. The summed E-state index contributed by atoms with van der Waals surface area (Å²) >= 11 is 1.50. The van der Waals surface area contributed by atoms with Crippen LogP contribution in [0, 0.1) is 11.8 Å². The number of hydroxylamine groups is 1. The van der Waals surface area contributed by atoms with Gasteiger partial charge in [-0.25, -0.2) is 5.48 Å². The van der Waals surface area contributed by atoms with Gasteiger partial charge < -0.3 is 5.32 Å². The van der Waals surface area contributed by atoms with Crippen molar-refractivity contribution in [3.05, 3.63) is 70.8 Å². The summed E-state index contributed by atoms with van der Waals surface area (Å²) in [6.07, 6.45) is 0.995. The molecule has 0 aliphatic heterocycles. The molecule has 2 amide bonds. The van der Waals surface area contributed by atoms with E-state index in [0.717, 1.165) is 23.3 Å². The van der Waals surface area contributed by atoms with Crippen LogP contribution in [0.5, 0.6) is 0 Å². The molecule has 0 fully saturated rings. The average molecular weight is 397 g/mol. The van der Waals surface area contributed by atoms with Crippen LogP contribution in [0.3, 0.4) is 0 Å². The van der Waals surface area contributed by atoms with Crippen molar-refractivity contribution < 1.29 is 14.8 Å². The van der Waals surface area contributed by atoms with Crippen LogP contribution in [0.1, 0.15) is 40.9 Å². The molecule has 0 aromatic heterocycles. The molecule has 6 heteroatoms. The van der Waals surface area contributed by atoms with E-state index in [9.17, 15) is 9.59 Å².